The summed E-state index contributed by atoms with van der Waals surface area (Å²) in [6.45, 7) is 0. The predicted molar refractivity (Wildman–Crippen MR) is 70.6 cm³/mol. The predicted octanol–water partition coefficient (Wildman–Crippen LogP) is 0.335. The van der Waals surface area contributed by atoms with Gasteiger partial charge in [0.05, 0.1) is 0 Å². The van der Waals surface area contributed by atoms with Gasteiger partial charge < -0.3 is 24.0 Å². The molecule has 0 spiro atoms. The fraction of sp³-hybridized carbons (Fsp3) is 0.0625. The van der Waals surface area contributed by atoms with Crippen molar-refractivity contribution in [3.63, 3.8) is 0 Å². The summed E-state index contributed by atoms with van der Waals surface area (Å²) in [6, 6.07) is 19.1. The molecule has 0 N–H and O–H groups in total. The van der Waals surface area contributed by atoms with E-state index in [1.807, 2.05) is 0 Å². The van der Waals surface area contributed by atoms with Crippen molar-refractivity contribution in [2.45, 2.75) is 0 Å². The lowest BCUT2D eigenvalue weighted by molar-refractivity contribution is -0.670. The standard InChI is InChI=1S/C16H14N.HI/c1-17-11-10-16-14(12-17)8-5-9-15(16)13-6-3-2-4-7-13;/h2-12H,1H3;1H/q+1;/p-1. The number of halogens is 1. The third-order valence-electron chi connectivity index (χ3n) is 3.04. The van der Waals surface area contributed by atoms with E-state index in [0.29, 0.717) is 0 Å². The molecule has 2 aromatic carbocycles. The number of nitrogens with zero attached hydrogens (tertiary/aromatic N) is 1. The molecule has 0 aliphatic rings. The Hall–Kier alpha value is -1.42. The monoisotopic (exact) mass is 347 g/mol. The molecule has 0 amide bonds. The molecule has 2 heteroatoms. The van der Waals surface area contributed by atoms with Crippen molar-refractivity contribution in [3.8, 4) is 11.1 Å². The van der Waals surface area contributed by atoms with Gasteiger partial charge in [-0.2, -0.15) is 0 Å². The third-order valence-corrected chi connectivity index (χ3v) is 3.04. The highest BCUT2D eigenvalue weighted by Crippen LogP contribution is 2.27. The summed E-state index contributed by atoms with van der Waals surface area (Å²) in [5.74, 6) is 0. The van der Waals surface area contributed by atoms with Crippen molar-refractivity contribution in [2.24, 2.45) is 7.05 Å². The Morgan fingerprint density at radius 3 is 2.39 bits per heavy atom. The molecule has 1 aromatic heterocycles. The number of rotatable bonds is 1. The van der Waals surface area contributed by atoms with E-state index in [1.54, 1.807) is 0 Å². The van der Waals surface area contributed by atoms with Crippen LogP contribution in [-0.4, -0.2) is 0 Å². The minimum atomic E-state index is 0. The number of hydrogen-bond donors (Lipinski definition) is 0. The van der Waals surface area contributed by atoms with E-state index < -0.39 is 0 Å². The van der Waals surface area contributed by atoms with E-state index in [1.165, 1.54) is 21.9 Å². The molecule has 0 bridgehead atoms. The van der Waals surface area contributed by atoms with Gasteiger partial charge in [0, 0.05) is 16.8 Å². The SMILES string of the molecule is C[n+]1ccc2c(-c3ccccc3)cccc2c1.[I-]. The van der Waals surface area contributed by atoms with E-state index in [9.17, 15) is 0 Å². The molecule has 18 heavy (non-hydrogen) atoms. The highest BCUT2D eigenvalue weighted by atomic mass is 127. The molecule has 0 radical (unpaired) electrons. The molecule has 0 atom stereocenters. The van der Waals surface area contributed by atoms with E-state index in [4.69, 9.17) is 0 Å². The Bertz CT molecular complexity index is 662. The maximum atomic E-state index is 2.18. The Kier molecular flexibility index (Phi) is 3.97. The van der Waals surface area contributed by atoms with Crippen LogP contribution >= 0.6 is 0 Å². The molecule has 0 fully saturated rings. The van der Waals surface area contributed by atoms with Gasteiger partial charge in [-0.15, -0.1) is 0 Å². The molecule has 1 nitrogen and oxygen atoms in total. The lowest BCUT2D eigenvalue weighted by Crippen LogP contribution is -3.00. The Labute approximate surface area is 124 Å². The molecule has 0 unspecified atom stereocenters. The van der Waals surface area contributed by atoms with Crippen LogP contribution < -0.4 is 28.5 Å². The van der Waals surface area contributed by atoms with Gasteiger partial charge in [-0.3, -0.25) is 0 Å². The largest absolute Gasteiger partial charge is 1.00 e. The first kappa shape index (κ1) is 13.0. The van der Waals surface area contributed by atoms with Gasteiger partial charge >= 0.3 is 0 Å². The fourth-order valence-electron chi connectivity index (χ4n) is 2.21. The summed E-state index contributed by atoms with van der Waals surface area (Å²) in [7, 11) is 2.05. The zero-order valence-corrected chi connectivity index (χ0v) is 12.3. The lowest BCUT2D eigenvalue weighted by Gasteiger charge is -2.05. The molecule has 90 valence electrons. The molecule has 0 aliphatic carbocycles. The minimum Gasteiger partial charge on any atom is -1.00 e. The fourth-order valence-corrected chi connectivity index (χ4v) is 2.21. The van der Waals surface area contributed by atoms with Crippen LogP contribution in [0.3, 0.4) is 0 Å². The van der Waals surface area contributed by atoms with Crippen LogP contribution in [0.1, 0.15) is 0 Å². The molecular weight excluding hydrogens is 333 g/mol. The summed E-state index contributed by atoms with van der Waals surface area (Å²) in [5, 5.41) is 2.58. The molecule has 0 saturated heterocycles. The average Bonchev–Trinajstić information content (AvgIpc) is 2.39. The van der Waals surface area contributed by atoms with Gasteiger partial charge in [-0.1, -0.05) is 42.5 Å². The van der Waals surface area contributed by atoms with Crippen molar-refractivity contribution >= 4 is 10.8 Å². The lowest BCUT2D eigenvalue weighted by atomic mass is 10.00. The smallest absolute Gasteiger partial charge is 0.176 e. The van der Waals surface area contributed by atoms with Crippen LogP contribution in [0.2, 0.25) is 0 Å². The first-order valence-electron chi connectivity index (χ1n) is 5.78. The molecule has 3 aromatic rings. The topological polar surface area (TPSA) is 3.88 Å². The third kappa shape index (κ3) is 2.38. The van der Waals surface area contributed by atoms with Gasteiger partial charge in [-0.05, 0) is 17.2 Å². The normalized spacial score (nSPS) is 10.1. The average molecular weight is 347 g/mol. The second-order valence-electron chi connectivity index (χ2n) is 4.28. The molecule has 1 heterocycles. The highest BCUT2D eigenvalue weighted by Gasteiger charge is 2.05. The number of benzene rings is 2. The van der Waals surface area contributed by atoms with Crippen LogP contribution in [0.4, 0.5) is 0 Å². The molecular formula is C16H14IN. The summed E-state index contributed by atoms with van der Waals surface area (Å²) < 4.78 is 2.08. The number of hydrogen-bond acceptors (Lipinski definition) is 0. The molecule has 3 rings (SSSR count). The zero-order valence-electron chi connectivity index (χ0n) is 10.2. The second-order valence-corrected chi connectivity index (χ2v) is 4.28. The summed E-state index contributed by atoms with van der Waals surface area (Å²) in [6.07, 6.45) is 4.25. The first-order valence-corrected chi connectivity index (χ1v) is 5.78. The van der Waals surface area contributed by atoms with Crippen LogP contribution in [0.15, 0.2) is 67.0 Å². The second kappa shape index (κ2) is 5.48. The summed E-state index contributed by atoms with van der Waals surface area (Å²) in [5.41, 5.74) is 2.57. The van der Waals surface area contributed by atoms with E-state index in [0.717, 1.165) is 0 Å². The number of aromatic nitrogens is 1. The first-order chi connectivity index (χ1) is 8.34. The van der Waals surface area contributed by atoms with E-state index in [-0.39, 0.29) is 24.0 Å². The Balaban J connectivity index is 0.00000120. The molecule has 0 saturated carbocycles. The molecule has 0 aliphatic heterocycles. The maximum absolute atomic E-state index is 2.18. The van der Waals surface area contributed by atoms with Crippen molar-refractivity contribution < 1.29 is 28.5 Å². The van der Waals surface area contributed by atoms with Crippen molar-refractivity contribution in [3.05, 3.63) is 67.0 Å². The maximum Gasteiger partial charge on any atom is 0.176 e. The Morgan fingerprint density at radius 1 is 0.833 bits per heavy atom. The van der Waals surface area contributed by atoms with E-state index >= 15 is 0 Å². The van der Waals surface area contributed by atoms with Gasteiger partial charge in [-0.25, -0.2) is 4.57 Å². The Morgan fingerprint density at radius 2 is 1.61 bits per heavy atom. The van der Waals surface area contributed by atoms with Crippen LogP contribution in [0.5, 0.6) is 0 Å². The summed E-state index contributed by atoms with van der Waals surface area (Å²) in [4.78, 5) is 0. The highest BCUT2D eigenvalue weighted by molar-refractivity contribution is 5.95. The van der Waals surface area contributed by atoms with Crippen LogP contribution in [-0.2, 0) is 7.05 Å². The van der Waals surface area contributed by atoms with Crippen molar-refractivity contribution in [1.82, 2.24) is 0 Å². The van der Waals surface area contributed by atoms with Gasteiger partial charge in [0.1, 0.15) is 7.05 Å². The number of aryl methyl sites for hydroxylation is 1. The van der Waals surface area contributed by atoms with Crippen LogP contribution in [0.25, 0.3) is 21.9 Å². The quantitative estimate of drug-likeness (QED) is 0.442. The van der Waals surface area contributed by atoms with E-state index in [2.05, 4.69) is 78.6 Å². The van der Waals surface area contributed by atoms with Gasteiger partial charge in [0.15, 0.2) is 12.4 Å². The van der Waals surface area contributed by atoms with Gasteiger partial charge in [0.2, 0.25) is 0 Å². The minimum absolute atomic E-state index is 0. The van der Waals surface area contributed by atoms with Crippen molar-refractivity contribution in [2.75, 3.05) is 0 Å². The number of fused-ring (bicyclic) bond motifs is 1. The van der Waals surface area contributed by atoms with Gasteiger partial charge in [0.25, 0.3) is 0 Å². The van der Waals surface area contributed by atoms with Crippen LogP contribution in [0, 0.1) is 0 Å². The summed E-state index contributed by atoms with van der Waals surface area (Å²) >= 11 is 0. The van der Waals surface area contributed by atoms with Crippen molar-refractivity contribution in [1.29, 1.82) is 0 Å². The zero-order chi connectivity index (χ0) is 11.7. The number of pyridine rings is 1.